The number of amides is 3. The van der Waals surface area contributed by atoms with Crippen LogP contribution in [0.25, 0.3) is 0 Å². The number of aliphatic hydroxyl groups is 1. The van der Waals surface area contributed by atoms with E-state index in [9.17, 15) is 19.5 Å². The molecule has 0 radical (unpaired) electrons. The van der Waals surface area contributed by atoms with Gasteiger partial charge in [0.1, 0.15) is 17.4 Å². The van der Waals surface area contributed by atoms with Gasteiger partial charge >= 0.3 is 0 Å². The number of ether oxygens (including phenoxy) is 2. The van der Waals surface area contributed by atoms with Crippen molar-refractivity contribution in [2.75, 3.05) is 31.2 Å². The predicted molar refractivity (Wildman–Crippen MR) is 167 cm³/mol. The van der Waals surface area contributed by atoms with E-state index >= 15 is 0 Å². The number of hydrogen-bond donors (Lipinski definition) is 1. The molecular weight excluding hydrogens is 546 g/mol. The molecule has 7 atom stereocenters. The molecule has 9 heteroatoms. The van der Waals surface area contributed by atoms with E-state index in [1.165, 1.54) is 4.90 Å². The number of rotatable bonds is 15. The smallest absolute Gasteiger partial charge is 0.248 e. The van der Waals surface area contributed by atoms with Crippen molar-refractivity contribution in [2.24, 2.45) is 11.8 Å². The lowest BCUT2D eigenvalue weighted by Crippen LogP contribution is -2.59. The van der Waals surface area contributed by atoms with Gasteiger partial charge in [-0.2, -0.15) is 0 Å². The number of benzene rings is 1. The first-order valence-corrected chi connectivity index (χ1v) is 15.8. The van der Waals surface area contributed by atoms with E-state index in [4.69, 9.17) is 9.47 Å². The molecule has 43 heavy (non-hydrogen) atoms. The summed E-state index contributed by atoms with van der Waals surface area (Å²) in [4.78, 5) is 48.7. The molecular formula is C34H49N3O6. The third-order valence-corrected chi connectivity index (χ3v) is 9.74. The Labute approximate surface area is 256 Å². The Bertz CT molecular complexity index is 1200. The molecule has 9 nitrogen and oxygen atoms in total. The highest BCUT2D eigenvalue weighted by Crippen LogP contribution is 2.65. The molecule has 1 spiro atoms. The predicted octanol–water partition coefficient (Wildman–Crippen LogP) is 4.34. The Hall–Kier alpha value is -3.17. The monoisotopic (exact) mass is 595 g/mol. The van der Waals surface area contributed by atoms with Crippen LogP contribution >= 0.6 is 0 Å². The molecule has 3 aliphatic heterocycles. The molecule has 3 saturated heterocycles. The Kier molecular flexibility index (Phi) is 10.1. The third-order valence-electron chi connectivity index (χ3n) is 9.74. The fourth-order valence-corrected chi connectivity index (χ4v) is 7.74. The lowest BCUT2D eigenvalue weighted by molar-refractivity contribution is -0.156. The number of likely N-dealkylation sites (tertiary alicyclic amines) is 1. The Morgan fingerprint density at radius 3 is 2.35 bits per heavy atom. The summed E-state index contributed by atoms with van der Waals surface area (Å²) in [7, 11) is 0. The van der Waals surface area contributed by atoms with Crippen LogP contribution in [0, 0.1) is 11.8 Å². The van der Waals surface area contributed by atoms with Gasteiger partial charge in [0.15, 0.2) is 0 Å². The number of hydrogen-bond acceptors (Lipinski definition) is 6. The number of aliphatic hydroxyl groups excluding tert-OH is 1. The Balaban J connectivity index is 1.81. The highest BCUT2D eigenvalue weighted by Gasteiger charge is 2.79. The number of carbonyl (C=O) groups is 3. The SMILES string of the molecule is C=CCN(C(=O)[C@@H]1[C@H]2C(=O)N([C@H](C)CO)C(C(=O)N(CC=C)C(C)CCC)C23CC[C@@]1(CC)O3)c1ccc(OCC)cc1. The van der Waals surface area contributed by atoms with E-state index in [-0.39, 0.29) is 36.9 Å². The quantitative estimate of drug-likeness (QED) is 0.303. The van der Waals surface area contributed by atoms with E-state index in [1.807, 2.05) is 45.0 Å². The number of anilines is 1. The molecule has 0 aliphatic carbocycles. The minimum absolute atomic E-state index is 0.0776. The molecule has 236 valence electrons. The summed E-state index contributed by atoms with van der Waals surface area (Å²) >= 11 is 0. The summed E-state index contributed by atoms with van der Waals surface area (Å²) in [5.74, 6) is -1.69. The largest absolute Gasteiger partial charge is 0.494 e. The van der Waals surface area contributed by atoms with Gasteiger partial charge in [-0.1, -0.05) is 32.4 Å². The highest BCUT2D eigenvalue weighted by molar-refractivity contribution is 6.03. The number of carbonyl (C=O) groups excluding carboxylic acids is 3. The second-order valence-corrected chi connectivity index (χ2v) is 12.2. The van der Waals surface area contributed by atoms with Gasteiger partial charge in [-0.3, -0.25) is 14.4 Å². The van der Waals surface area contributed by atoms with Crippen LogP contribution in [-0.2, 0) is 19.1 Å². The van der Waals surface area contributed by atoms with Crippen LogP contribution in [0.4, 0.5) is 5.69 Å². The summed E-state index contributed by atoms with van der Waals surface area (Å²) in [5, 5.41) is 10.2. The second kappa shape index (κ2) is 13.2. The minimum Gasteiger partial charge on any atom is -0.494 e. The van der Waals surface area contributed by atoms with Gasteiger partial charge in [0.25, 0.3) is 0 Å². The van der Waals surface area contributed by atoms with Crippen molar-refractivity contribution in [3.8, 4) is 5.75 Å². The van der Waals surface area contributed by atoms with Crippen molar-refractivity contribution in [3.05, 3.63) is 49.6 Å². The van der Waals surface area contributed by atoms with Crippen molar-refractivity contribution in [3.63, 3.8) is 0 Å². The molecule has 3 heterocycles. The summed E-state index contributed by atoms with van der Waals surface area (Å²) in [6.45, 7) is 18.3. The van der Waals surface area contributed by atoms with Gasteiger partial charge < -0.3 is 29.3 Å². The molecule has 3 fully saturated rings. The maximum atomic E-state index is 14.7. The van der Waals surface area contributed by atoms with Crippen LogP contribution in [0.2, 0.25) is 0 Å². The summed E-state index contributed by atoms with van der Waals surface area (Å²) < 4.78 is 12.6. The Morgan fingerprint density at radius 1 is 1.12 bits per heavy atom. The zero-order valence-electron chi connectivity index (χ0n) is 26.5. The maximum Gasteiger partial charge on any atom is 0.248 e. The van der Waals surface area contributed by atoms with E-state index in [2.05, 4.69) is 20.1 Å². The van der Waals surface area contributed by atoms with Crippen LogP contribution in [0.15, 0.2) is 49.6 Å². The second-order valence-electron chi connectivity index (χ2n) is 12.2. The van der Waals surface area contributed by atoms with E-state index in [0.717, 1.165) is 12.8 Å². The van der Waals surface area contributed by atoms with Gasteiger partial charge in [-0.05, 0) is 70.7 Å². The van der Waals surface area contributed by atoms with Gasteiger partial charge in [0.05, 0.1) is 36.7 Å². The zero-order chi connectivity index (χ0) is 31.5. The van der Waals surface area contributed by atoms with Crippen molar-refractivity contribution in [1.82, 2.24) is 9.80 Å². The standard InChI is InChI=1S/C34H49N3O6/c1-8-13-23(6)35(20-9-2)32(41)29-34-19-18-33(11-4,43-34)27(28(34)31(40)37(29)24(7)22-38)30(39)36(21-10-3)25-14-16-26(17-15-25)42-12-5/h9-10,14-17,23-24,27-29,38H,2-3,8,11-13,18-22H2,1,4-7H3/t23?,24-,27+,28+,29?,33-,34?/m1/s1. The topological polar surface area (TPSA) is 99.6 Å². The van der Waals surface area contributed by atoms with Crippen LogP contribution in [0.5, 0.6) is 5.75 Å². The molecule has 3 aliphatic rings. The highest BCUT2D eigenvalue weighted by atomic mass is 16.5. The van der Waals surface area contributed by atoms with Crippen LogP contribution in [0.1, 0.15) is 66.7 Å². The lowest BCUT2D eigenvalue weighted by Gasteiger charge is -2.40. The van der Waals surface area contributed by atoms with Gasteiger partial charge in [0.2, 0.25) is 17.7 Å². The first-order valence-electron chi connectivity index (χ1n) is 15.8. The average molecular weight is 596 g/mol. The van der Waals surface area contributed by atoms with Gasteiger partial charge in [-0.15, -0.1) is 13.2 Å². The molecule has 1 aromatic carbocycles. The van der Waals surface area contributed by atoms with Crippen molar-refractivity contribution < 1.29 is 29.0 Å². The van der Waals surface area contributed by atoms with Crippen LogP contribution < -0.4 is 9.64 Å². The molecule has 1 N–H and O–H groups in total. The molecule has 3 amide bonds. The zero-order valence-corrected chi connectivity index (χ0v) is 26.5. The maximum absolute atomic E-state index is 14.7. The first kappa shape index (κ1) is 32.7. The first-order chi connectivity index (χ1) is 20.6. The summed E-state index contributed by atoms with van der Waals surface area (Å²) in [5.41, 5.74) is -1.38. The lowest BCUT2D eigenvalue weighted by atomic mass is 9.64. The number of fused-ring (bicyclic) bond motifs is 1. The van der Waals surface area contributed by atoms with Crippen molar-refractivity contribution in [1.29, 1.82) is 0 Å². The van der Waals surface area contributed by atoms with Crippen molar-refractivity contribution in [2.45, 2.75) is 96.1 Å². The van der Waals surface area contributed by atoms with Crippen LogP contribution in [-0.4, -0.2) is 88.3 Å². The Morgan fingerprint density at radius 2 is 1.79 bits per heavy atom. The molecule has 1 aromatic rings. The third kappa shape index (κ3) is 5.39. The summed E-state index contributed by atoms with van der Waals surface area (Å²) in [6, 6.07) is 5.66. The fourth-order valence-electron chi connectivity index (χ4n) is 7.74. The number of nitrogens with zero attached hydrogens (tertiary/aromatic N) is 3. The van der Waals surface area contributed by atoms with E-state index < -0.39 is 35.1 Å². The van der Waals surface area contributed by atoms with Crippen LogP contribution in [0.3, 0.4) is 0 Å². The minimum atomic E-state index is -1.17. The molecule has 0 saturated carbocycles. The molecule has 0 aromatic heterocycles. The summed E-state index contributed by atoms with van der Waals surface area (Å²) in [6.07, 6.45) is 6.64. The van der Waals surface area contributed by atoms with Gasteiger partial charge in [0, 0.05) is 24.8 Å². The molecule has 2 bridgehead atoms. The van der Waals surface area contributed by atoms with Crippen molar-refractivity contribution >= 4 is 23.4 Å². The molecule has 4 rings (SSSR count). The van der Waals surface area contributed by atoms with E-state index in [1.54, 1.807) is 28.9 Å². The van der Waals surface area contributed by atoms with E-state index in [0.29, 0.717) is 43.9 Å². The molecule has 3 unspecified atom stereocenters. The average Bonchev–Trinajstić information content (AvgIpc) is 3.62. The fraction of sp³-hybridized carbons (Fsp3) is 0.618. The normalized spacial score (nSPS) is 28.7. The van der Waals surface area contributed by atoms with Gasteiger partial charge in [-0.25, -0.2) is 0 Å².